The number of hydrogen-bond donors (Lipinski definition) is 0. The molecule has 2 aliphatic heterocycles. The number of carbonyl (C=O) groups is 1. The van der Waals surface area contributed by atoms with Gasteiger partial charge in [0.15, 0.2) is 11.3 Å². The second-order valence-electron chi connectivity index (χ2n) is 6.95. The number of carbonyl (C=O) groups excluding carboxylic acids is 1. The van der Waals surface area contributed by atoms with Crippen LogP contribution < -0.4 is 15.1 Å². The van der Waals surface area contributed by atoms with Crippen molar-refractivity contribution in [3.8, 4) is 5.75 Å². The summed E-state index contributed by atoms with van der Waals surface area (Å²) in [7, 11) is 0. The summed E-state index contributed by atoms with van der Waals surface area (Å²) >= 11 is 0. The average Bonchev–Trinajstić information content (AvgIpc) is 3.09. The predicted molar refractivity (Wildman–Crippen MR) is 102 cm³/mol. The van der Waals surface area contributed by atoms with Crippen molar-refractivity contribution in [1.29, 1.82) is 0 Å². The standard InChI is InChI=1S/C20H24N2O5/c1-14-17(26-12-9-21-6-2-3-18(21)24)5-4-15-16(23)13-19(27-20(14)15)22-7-10-25-11-8-22/h4-5,13H,2-3,6-12H2,1H3. The van der Waals surface area contributed by atoms with Crippen LogP contribution in [0.15, 0.2) is 27.4 Å². The Morgan fingerprint density at radius 1 is 1.15 bits per heavy atom. The zero-order valence-corrected chi connectivity index (χ0v) is 15.5. The Balaban J connectivity index is 1.56. The Morgan fingerprint density at radius 3 is 2.70 bits per heavy atom. The summed E-state index contributed by atoms with van der Waals surface area (Å²) in [4.78, 5) is 28.1. The first-order chi connectivity index (χ1) is 13.1. The molecule has 0 saturated carbocycles. The molecule has 1 aromatic carbocycles. The van der Waals surface area contributed by atoms with Gasteiger partial charge in [-0.2, -0.15) is 0 Å². The van der Waals surface area contributed by atoms with Crippen LogP contribution in [0.1, 0.15) is 18.4 Å². The Bertz CT molecular complexity index is 901. The second kappa shape index (κ2) is 7.60. The van der Waals surface area contributed by atoms with Crippen molar-refractivity contribution in [1.82, 2.24) is 4.90 Å². The SMILES string of the molecule is Cc1c(OCCN2CCCC2=O)ccc2c(=O)cc(N3CCOCC3)oc12. The summed E-state index contributed by atoms with van der Waals surface area (Å²) in [6, 6.07) is 5.09. The summed E-state index contributed by atoms with van der Waals surface area (Å²) in [5, 5.41) is 0.548. The average molecular weight is 372 g/mol. The molecule has 0 radical (unpaired) electrons. The monoisotopic (exact) mass is 372 g/mol. The fourth-order valence-electron chi connectivity index (χ4n) is 3.63. The normalized spacial score (nSPS) is 17.7. The van der Waals surface area contributed by atoms with Crippen molar-refractivity contribution < 1.29 is 18.7 Å². The first-order valence-electron chi connectivity index (χ1n) is 9.44. The predicted octanol–water partition coefficient (Wildman–Crippen LogP) is 1.94. The highest BCUT2D eigenvalue weighted by molar-refractivity contribution is 5.83. The summed E-state index contributed by atoms with van der Waals surface area (Å²) in [6.45, 7) is 6.35. The Kier molecular flexibility index (Phi) is 5.03. The van der Waals surface area contributed by atoms with E-state index in [0.717, 1.165) is 18.5 Å². The minimum absolute atomic E-state index is 0.0601. The molecular weight excluding hydrogens is 348 g/mol. The molecular formula is C20H24N2O5. The summed E-state index contributed by atoms with van der Waals surface area (Å²) < 4.78 is 17.3. The highest BCUT2D eigenvalue weighted by Crippen LogP contribution is 2.29. The van der Waals surface area contributed by atoms with Crippen LogP contribution >= 0.6 is 0 Å². The topological polar surface area (TPSA) is 72.2 Å². The molecule has 2 aromatic rings. The number of benzene rings is 1. The molecule has 4 rings (SSSR count). The molecule has 2 fully saturated rings. The van der Waals surface area contributed by atoms with Crippen LogP contribution in [-0.4, -0.2) is 56.8 Å². The number of likely N-dealkylation sites (tertiary alicyclic amines) is 1. The third-order valence-corrected chi connectivity index (χ3v) is 5.20. The van der Waals surface area contributed by atoms with Gasteiger partial charge in [-0.1, -0.05) is 0 Å². The van der Waals surface area contributed by atoms with Crippen LogP contribution in [0.5, 0.6) is 5.75 Å². The number of morpholine rings is 1. The van der Waals surface area contributed by atoms with Crippen LogP contribution in [0.3, 0.4) is 0 Å². The van der Waals surface area contributed by atoms with Crippen LogP contribution in [0.2, 0.25) is 0 Å². The van der Waals surface area contributed by atoms with Gasteiger partial charge in [0, 0.05) is 37.7 Å². The molecule has 0 atom stereocenters. The van der Waals surface area contributed by atoms with Gasteiger partial charge in [0.2, 0.25) is 5.91 Å². The maximum Gasteiger partial charge on any atom is 0.222 e. The molecule has 0 unspecified atom stereocenters. The van der Waals surface area contributed by atoms with Gasteiger partial charge in [-0.3, -0.25) is 9.59 Å². The second-order valence-corrected chi connectivity index (χ2v) is 6.95. The zero-order valence-electron chi connectivity index (χ0n) is 15.5. The van der Waals surface area contributed by atoms with Crippen LogP contribution in [0.25, 0.3) is 11.0 Å². The lowest BCUT2D eigenvalue weighted by Gasteiger charge is -2.27. The third kappa shape index (κ3) is 3.64. The Morgan fingerprint density at radius 2 is 1.96 bits per heavy atom. The highest BCUT2D eigenvalue weighted by atomic mass is 16.5. The number of amides is 1. The van der Waals surface area contributed by atoms with E-state index in [2.05, 4.69) is 0 Å². The smallest absolute Gasteiger partial charge is 0.222 e. The quantitative estimate of drug-likeness (QED) is 0.799. The molecule has 1 aromatic heterocycles. The Labute approximate surface area is 157 Å². The first-order valence-corrected chi connectivity index (χ1v) is 9.44. The molecule has 2 saturated heterocycles. The molecule has 2 aliphatic rings. The van der Waals surface area contributed by atoms with E-state index in [0.29, 0.717) is 68.5 Å². The molecule has 0 aliphatic carbocycles. The van der Waals surface area contributed by atoms with Crippen molar-refractivity contribution in [2.24, 2.45) is 0 Å². The van der Waals surface area contributed by atoms with Gasteiger partial charge in [-0.25, -0.2) is 0 Å². The summed E-state index contributed by atoms with van der Waals surface area (Å²) in [5.74, 6) is 1.44. The molecule has 7 heteroatoms. The molecule has 144 valence electrons. The summed E-state index contributed by atoms with van der Waals surface area (Å²) in [6.07, 6.45) is 1.55. The van der Waals surface area contributed by atoms with Gasteiger partial charge in [0.25, 0.3) is 0 Å². The van der Waals surface area contributed by atoms with Crippen LogP contribution in [0, 0.1) is 6.92 Å². The molecule has 0 N–H and O–H groups in total. The number of ether oxygens (including phenoxy) is 2. The van der Waals surface area contributed by atoms with Crippen LogP contribution in [0.4, 0.5) is 5.88 Å². The fourth-order valence-corrected chi connectivity index (χ4v) is 3.63. The molecule has 0 spiro atoms. The number of nitrogens with zero attached hydrogens (tertiary/aromatic N) is 2. The van der Waals surface area contributed by atoms with Crippen molar-refractivity contribution in [3.63, 3.8) is 0 Å². The largest absolute Gasteiger partial charge is 0.491 e. The maximum atomic E-state index is 12.5. The molecule has 0 bridgehead atoms. The van der Waals surface area contributed by atoms with E-state index in [1.54, 1.807) is 18.2 Å². The fraction of sp³-hybridized carbons (Fsp3) is 0.500. The van der Waals surface area contributed by atoms with Crippen molar-refractivity contribution in [2.45, 2.75) is 19.8 Å². The van der Waals surface area contributed by atoms with Crippen molar-refractivity contribution >= 4 is 22.8 Å². The van der Waals surface area contributed by atoms with E-state index in [-0.39, 0.29) is 11.3 Å². The summed E-state index contributed by atoms with van der Waals surface area (Å²) in [5.41, 5.74) is 1.29. The highest BCUT2D eigenvalue weighted by Gasteiger charge is 2.20. The molecule has 3 heterocycles. The maximum absolute atomic E-state index is 12.5. The van der Waals surface area contributed by atoms with Gasteiger partial charge in [-0.05, 0) is 25.5 Å². The lowest BCUT2D eigenvalue weighted by Crippen LogP contribution is -2.36. The van der Waals surface area contributed by atoms with Gasteiger partial charge in [0.05, 0.1) is 25.1 Å². The number of aryl methyl sites for hydroxylation is 1. The minimum Gasteiger partial charge on any atom is -0.491 e. The van der Waals surface area contributed by atoms with Crippen LogP contribution in [-0.2, 0) is 9.53 Å². The molecule has 1 amide bonds. The number of hydrogen-bond acceptors (Lipinski definition) is 6. The van der Waals surface area contributed by atoms with E-state index in [9.17, 15) is 9.59 Å². The van der Waals surface area contributed by atoms with E-state index in [4.69, 9.17) is 13.9 Å². The molecule has 7 nitrogen and oxygen atoms in total. The first kappa shape index (κ1) is 17.9. The van der Waals surface area contributed by atoms with E-state index in [1.165, 1.54) is 0 Å². The van der Waals surface area contributed by atoms with E-state index in [1.807, 2.05) is 16.7 Å². The molecule has 27 heavy (non-hydrogen) atoms. The van der Waals surface area contributed by atoms with Gasteiger partial charge in [-0.15, -0.1) is 0 Å². The van der Waals surface area contributed by atoms with Gasteiger partial charge >= 0.3 is 0 Å². The number of rotatable bonds is 5. The van der Waals surface area contributed by atoms with E-state index >= 15 is 0 Å². The minimum atomic E-state index is -0.0601. The van der Waals surface area contributed by atoms with Crippen molar-refractivity contribution in [3.05, 3.63) is 34.0 Å². The lowest BCUT2D eigenvalue weighted by atomic mass is 10.1. The van der Waals surface area contributed by atoms with Gasteiger partial charge in [0.1, 0.15) is 17.9 Å². The van der Waals surface area contributed by atoms with E-state index < -0.39 is 0 Å². The number of fused-ring (bicyclic) bond motifs is 1. The Hall–Kier alpha value is -2.54. The third-order valence-electron chi connectivity index (χ3n) is 5.20. The zero-order chi connectivity index (χ0) is 18.8. The van der Waals surface area contributed by atoms with Gasteiger partial charge < -0.3 is 23.7 Å². The number of anilines is 1. The van der Waals surface area contributed by atoms with Crippen molar-refractivity contribution in [2.75, 3.05) is 50.9 Å². The lowest BCUT2D eigenvalue weighted by molar-refractivity contribution is -0.128.